The lowest BCUT2D eigenvalue weighted by atomic mass is 10.4. The highest BCUT2D eigenvalue weighted by atomic mass is 32.2. The van der Waals surface area contributed by atoms with Crippen molar-refractivity contribution in [1.29, 1.82) is 0 Å². The van der Waals surface area contributed by atoms with Gasteiger partial charge in [0.1, 0.15) is 12.0 Å². The van der Waals surface area contributed by atoms with Crippen LogP contribution in [0.5, 0.6) is 0 Å². The second kappa shape index (κ2) is 4.23. The highest BCUT2D eigenvalue weighted by Crippen LogP contribution is 2.25. The lowest BCUT2D eigenvalue weighted by Gasteiger charge is -2.12. The molecule has 0 amide bonds. The minimum atomic E-state index is -0.0523. The lowest BCUT2D eigenvalue weighted by Crippen LogP contribution is -2.20. The Kier molecular flexibility index (Phi) is 2.98. The molecule has 5 heteroatoms. The molecule has 0 bridgehead atoms. The van der Waals surface area contributed by atoms with Gasteiger partial charge in [-0.1, -0.05) is 0 Å². The fraction of sp³-hybridized carbons (Fsp3) is 0.667. The predicted octanol–water partition coefficient (Wildman–Crippen LogP) is 1.11. The molecule has 1 fully saturated rings. The molecule has 1 aromatic heterocycles. The van der Waals surface area contributed by atoms with Gasteiger partial charge in [-0.3, -0.25) is 0 Å². The Morgan fingerprint density at radius 2 is 2.64 bits per heavy atom. The maximum atomic E-state index is 8.85. The number of rotatable bonds is 3. The summed E-state index contributed by atoms with van der Waals surface area (Å²) in [6.07, 6.45) is 4.82. The average molecular weight is 214 g/mol. The van der Waals surface area contributed by atoms with Crippen LogP contribution in [0.4, 0.5) is 6.01 Å². The molecule has 2 rings (SSSR count). The first-order valence-electron chi connectivity index (χ1n) is 4.66. The van der Waals surface area contributed by atoms with Crippen molar-refractivity contribution in [3.63, 3.8) is 0 Å². The standard InChI is InChI=1S/C9H14N2O2S/c1-14-8-2-3-11(4-8)9-10-7(5-12)6-13-9/h6,8,12H,2-5H2,1H3. The third-order valence-corrected chi connectivity index (χ3v) is 3.50. The van der Waals surface area contributed by atoms with E-state index in [4.69, 9.17) is 9.52 Å². The van der Waals surface area contributed by atoms with Gasteiger partial charge >= 0.3 is 0 Å². The summed E-state index contributed by atoms with van der Waals surface area (Å²) in [6.45, 7) is 1.94. The van der Waals surface area contributed by atoms with Gasteiger partial charge < -0.3 is 14.4 Å². The van der Waals surface area contributed by atoms with E-state index in [2.05, 4.69) is 16.1 Å². The molecule has 0 aliphatic carbocycles. The third kappa shape index (κ3) is 1.88. The summed E-state index contributed by atoms with van der Waals surface area (Å²) in [5.41, 5.74) is 0.604. The van der Waals surface area contributed by atoms with Crippen molar-refractivity contribution in [3.8, 4) is 0 Å². The first-order valence-corrected chi connectivity index (χ1v) is 5.95. The van der Waals surface area contributed by atoms with E-state index in [9.17, 15) is 0 Å². The van der Waals surface area contributed by atoms with Crippen molar-refractivity contribution >= 4 is 17.8 Å². The Balaban J connectivity index is 2.02. The monoisotopic (exact) mass is 214 g/mol. The van der Waals surface area contributed by atoms with Crippen LogP contribution in [0, 0.1) is 0 Å². The molecule has 0 aromatic carbocycles. The number of hydrogen-bond donors (Lipinski definition) is 1. The van der Waals surface area contributed by atoms with Gasteiger partial charge in [0.2, 0.25) is 0 Å². The first-order chi connectivity index (χ1) is 6.83. The average Bonchev–Trinajstić information content (AvgIpc) is 2.86. The normalized spacial score (nSPS) is 21.9. The van der Waals surface area contributed by atoms with E-state index in [1.54, 1.807) is 0 Å². The lowest BCUT2D eigenvalue weighted by molar-refractivity contribution is 0.276. The summed E-state index contributed by atoms with van der Waals surface area (Å²) < 4.78 is 5.28. The highest BCUT2D eigenvalue weighted by Gasteiger charge is 2.24. The molecule has 1 N–H and O–H groups in total. The third-order valence-electron chi connectivity index (χ3n) is 2.45. The van der Waals surface area contributed by atoms with Gasteiger partial charge in [-0.05, 0) is 12.7 Å². The summed E-state index contributed by atoms with van der Waals surface area (Å²) >= 11 is 1.88. The molecule has 1 saturated heterocycles. The second-order valence-electron chi connectivity index (χ2n) is 3.37. The van der Waals surface area contributed by atoms with Crippen molar-refractivity contribution < 1.29 is 9.52 Å². The minimum absolute atomic E-state index is 0.0523. The number of oxazole rings is 1. The zero-order valence-corrected chi connectivity index (χ0v) is 8.96. The van der Waals surface area contributed by atoms with E-state index < -0.39 is 0 Å². The van der Waals surface area contributed by atoms with Crippen molar-refractivity contribution in [2.24, 2.45) is 0 Å². The Morgan fingerprint density at radius 3 is 3.21 bits per heavy atom. The number of hydrogen-bond acceptors (Lipinski definition) is 5. The molecule has 1 unspecified atom stereocenters. The van der Waals surface area contributed by atoms with Gasteiger partial charge in [-0.15, -0.1) is 0 Å². The van der Waals surface area contributed by atoms with E-state index in [1.165, 1.54) is 12.7 Å². The van der Waals surface area contributed by atoms with Crippen LogP contribution in [0.15, 0.2) is 10.7 Å². The van der Waals surface area contributed by atoms with Crippen molar-refractivity contribution in [1.82, 2.24) is 4.98 Å². The Morgan fingerprint density at radius 1 is 1.79 bits per heavy atom. The van der Waals surface area contributed by atoms with E-state index in [0.717, 1.165) is 13.1 Å². The number of nitrogens with zero attached hydrogens (tertiary/aromatic N) is 2. The Hall–Kier alpha value is -0.680. The maximum absolute atomic E-state index is 8.85. The molecule has 2 heterocycles. The van der Waals surface area contributed by atoms with E-state index in [1.807, 2.05) is 11.8 Å². The van der Waals surface area contributed by atoms with Crippen molar-refractivity contribution in [2.45, 2.75) is 18.3 Å². The Labute approximate surface area is 87.3 Å². The molecule has 0 spiro atoms. The van der Waals surface area contributed by atoms with Gasteiger partial charge in [0.25, 0.3) is 6.01 Å². The SMILES string of the molecule is CSC1CCN(c2nc(CO)co2)C1. The topological polar surface area (TPSA) is 49.5 Å². The van der Waals surface area contributed by atoms with E-state index in [0.29, 0.717) is 17.0 Å². The highest BCUT2D eigenvalue weighted by molar-refractivity contribution is 7.99. The second-order valence-corrected chi connectivity index (χ2v) is 4.51. The molecular formula is C9H14N2O2S. The van der Waals surface area contributed by atoms with Gasteiger partial charge in [0.15, 0.2) is 0 Å². The number of aromatic nitrogens is 1. The predicted molar refractivity (Wildman–Crippen MR) is 56.6 cm³/mol. The van der Waals surface area contributed by atoms with Crippen molar-refractivity contribution in [2.75, 3.05) is 24.2 Å². The quantitative estimate of drug-likeness (QED) is 0.816. The Bertz CT molecular complexity index is 303. The van der Waals surface area contributed by atoms with Crippen molar-refractivity contribution in [3.05, 3.63) is 12.0 Å². The van der Waals surface area contributed by atoms with Gasteiger partial charge in [0.05, 0.1) is 6.61 Å². The molecular weight excluding hydrogens is 200 g/mol. The smallest absolute Gasteiger partial charge is 0.297 e. The van der Waals surface area contributed by atoms with Crippen LogP contribution >= 0.6 is 11.8 Å². The summed E-state index contributed by atoms with van der Waals surface area (Å²) in [5.74, 6) is 0. The molecule has 1 aliphatic heterocycles. The zero-order chi connectivity index (χ0) is 9.97. The van der Waals surface area contributed by atoms with Crippen LogP contribution < -0.4 is 4.90 Å². The van der Waals surface area contributed by atoms with Crippen LogP contribution in [-0.4, -0.2) is 34.7 Å². The van der Waals surface area contributed by atoms with Crippen LogP contribution in [0.25, 0.3) is 0 Å². The van der Waals surface area contributed by atoms with E-state index in [-0.39, 0.29) is 6.61 Å². The minimum Gasteiger partial charge on any atom is -0.432 e. The largest absolute Gasteiger partial charge is 0.432 e. The fourth-order valence-electron chi connectivity index (χ4n) is 1.61. The molecule has 4 nitrogen and oxygen atoms in total. The first kappa shape index (κ1) is 9.86. The molecule has 1 aliphatic rings. The summed E-state index contributed by atoms with van der Waals surface area (Å²) in [4.78, 5) is 6.30. The maximum Gasteiger partial charge on any atom is 0.297 e. The fourth-order valence-corrected chi connectivity index (χ4v) is 2.28. The number of aliphatic hydroxyl groups excluding tert-OH is 1. The molecule has 0 radical (unpaired) electrons. The molecule has 78 valence electrons. The van der Waals surface area contributed by atoms with Gasteiger partial charge in [-0.25, -0.2) is 0 Å². The molecule has 0 saturated carbocycles. The number of aliphatic hydroxyl groups is 1. The van der Waals surface area contributed by atoms with Crippen LogP contribution in [0.3, 0.4) is 0 Å². The number of thioether (sulfide) groups is 1. The van der Waals surface area contributed by atoms with Crippen LogP contribution in [0.2, 0.25) is 0 Å². The summed E-state index contributed by atoms with van der Waals surface area (Å²) in [7, 11) is 0. The summed E-state index contributed by atoms with van der Waals surface area (Å²) in [5, 5.41) is 9.53. The van der Waals surface area contributed by atoms with Crippen LogP contribution in [0.1, 0.15) is 12.1 Å². The molecule has 1 aromatic rings. The van der Waals surface area contributed by atoms with Crippen LogP contribution in [-0.2, 0) is 6.61 Å². The molecule has 1 atom stereocenters. The van der Waals surface area contributed by atoms with Gasteiger partial charge in [-0.2, -0.15) is 16.7 Å². The molecule has 14 heavy (non-hydrogen) atoms. The van der Waals surface area contributed by atoms with E-state index >= 15 is 0 Å². The van der Waals surface area contributed by atoms with Gasteiger partial charge in [0, 0.05) is 18.3 Å². The number of anilines is 1. The zero-order valence-electron chi connectivity index (χ0n) is 8.14. The summed E-state index contributed by atoms with van der Waals surface area (Å²) in [6, 6.07) is 0.644.